The average Bonchev–Trinajstić information content (AvgIpc) is 2.23. The van der Waals surface area contributed by atoms with Gasteiger partial charge < -0.3 is 20.3 Å². The smallest absolute Gasteiger partial charge is 0.217 e. The van der Waals surface area contributed by atoms with Gasteiger partial charge in [-0.1, -0.05) is 6.92 Å². The molecule has 1 aliphatic carbocycles. The number of rotatable bonds is 3. The van der Waals surface area contributed by atoms with Crippen LogP contribution in [0.1, 0.15) is 20.3 Å². The molecular weight excluding hydrogens is 210 g/mol. The van der Waals surface area contributed by atoms with Crippen molar-refractivity contribution in [2.24, 2.45) is 11.8 Å². The van der Waals surface area contributed by atoms with E-state index < -0.39 is 12.2 Å². The Labute approximate surface area is 95.8 Å². The lowest BCUT2D eigenvalue weighted by atomic mass is 9.75. The van der Waals surface area contributed by atoms with Crippen LogP contribution in [-0.4, -0.2) is 48.1 Å². The molecule has 0 aromatic rings. The molecule has 1 amide bonds. The van der Waals surface area contributed by atoms with Gasteiger partial charge in [-0.2, -0.15) is 0 Å². The van der Waals surface area contributed by atoms with Crippen LogP contribution in [0, 0.1) is 11.8 Å². The second kappa shape index (κ2) is 5.61. The SMILES string of the molecule is CO[C@@H]1C(CO)C[C@@H](C)C(NC(C)=O)[C@H]1O. The number of aliphatic hydroxyl groups excluding tert-OH is 2. The van der Waals surface area contributed by atoms with E-state index >= 15 is 0 Å². The minimum absolute atomic E-state index is 0.00724. The van der Waals surface area contributed by atoms with Crippen LogP contribution in [0.5, 0.6) is 0 Å². The van der Waals surface area contributed by atoms with Crippen molar-refractivity contribution in [2.45, 2.75) is 38.5 Å². The van der Waals surface area contributed by atoms with Crippen molar-refractivity contribution < 1.29 is 19.7 Å². The maximum absolute atomic E-state index is 11.0. The number of methoxy groups -OCH3 is 1. The third-order valence-corrected chi connectivity index (χ3v) is 3.33. The van der Waals surface area contributed by atoms with Crippen molar-refractivity contribution in [1.29, 1.82) is 0 Å². The van der Waals surface area contributed by atoms with E-state index in [0.29, 0.717) is 0 Å². The lowest BCUT2D eigenvalue weighted by Gasteiger charge is -2.42. The first kappa shape index (κ1) is 13.4. The molecule has 0 bridgehead atoms. The largest absolute Gasteiger partial charge is 0.396 e. The van der Waals surface area contributed by atoms with Crippen molar-refractivity contribution in [1.82, 2.24) is 5.32 Å². The zero-order chi connectivity index (χ0) is 12.3. The van der Waals surface area contributed by atoms with E-state index in [1.807, 2.05) is 6.92 Å². The van der Waals surface area contributed by atoms with Crippen LogP contribution in [-0.2, 0) is 9.53 Å². The van der Waals surface area contributed by atoms with Gasteiger partial charge in [0.15, 0.2) is 0 Å². The van der Waals surface area contributed by atoms with Gasteiger partial charge in [0.1, 0.15) is 6.10 Å². The van der Waals surface area contributed by atoms with E-state index in [0.717, 1.165) is 6.42 Å². The van der Waals surface area contributed by atoms with Crippen molar-refractivity contribution >= 4 is 5.91 Å². The fourth-order valence-corrected chi connectivity index (χ4v) is 2.55. The summed E-state index contributed by atoms with van der Waals surface area (Å²) in [6.45, 7) is 3.38. The number of hydrogen-bond acceptors (Lipinski definition) is 4. The van der Waals surface area contributed by atoms with Crippen molar-refractivity contribution in [3.05, 3.63) is 0 Å². The van der Waals surface area contributed by atoms with Crippen LogP contribution >= 0.6 is 0 Å². The molecule has 1 fully saturated rings. The summed E-state index contributed by atoms with van der Waals surface area (Å²) in [5.41, 5.74) is 0. The molecule has 0 radical (unpaired) electrons. The third-order valence-electron chi connectivity index (χ3n) is 3.33. The fraction of sp³-hybridized carbons (Fsp3) is 0.909. The standard InChI is InChI=1S/C11H21NO4/c1-6-4-8(5-13)11(16-3)10(15)9(6)12-7(2)14/h6,8-11,13,15H,4-5H2,1-3H3,(H,12,14)/t6-,8?,9?,10-,11-/m1/s1. The summed E-state index contributed by atoms with van der Waals surface area (Å²) in [4.78, 5) is 11.0. The monoisotopic (exact) mass is 231 g/mol. The number of hydrogen-bond donors (Lipinski definition) is 3. The molecule has 5 heteroatoms. The molecule has 0 saturated heterocycles. The van der Waals surface area contributed by atoms with Gasteiger partial charge in [0.05, 0.1) is 12.1 Å². The molecule has 1 rings (SSSR count). The highest BCUT2D eigenvalue weighted by Gasteiger charge is 2.42. The number of ether oxygens (including phenoxy) is 1. The Morgan fingerprint density at radius 1 is 1.56 bits per heavy atom. The van der Waals surface area contributed by atoms with Gasteiger partial charge in [-0.25, -0.2) is 0 Å². The molecule has 16 heavy (non-hydrogen) atoms. The van der Waals surface area contributed by atoms with Crippen molar-refractivity contribution in [3.63, 3.8) is 0 Å². The predicted molar refractivity (Wildman–Crippen MR) is 58.8 cm³/mol. The summed E-state index contributed by atoms with van der Waals surface area (Å²) in [5.74, 6) is -0.101. The molecule has 1 aliphatic rings. The summed E-state index contributed by atoms with van der Waals surface area (Å²) < 4.78 is 5.21. The van der Waals surface area contributed by atoms with E-state index in [1.54, 1.807) is 0 Å². The van der Waals surface area contributed by atoms with Gasteiger partial charge in [0.25, 0.3) is 0 Å². The number of amides is 1. The third kappa shape index (κ3) is 2.72. The van der Waals surface area contributed by atoms with Gasteiger partial charge in [-0.15, -0.1) is 0 Å². The summed E-state index contributed by atoms with van der Waals surface area (Å²) in [6, 6.07) is -0.301. The molecule has 94 valence electrons. The van der Waals surface area contributed by atoms with E-state index in [4.69, 9.17) is 4.74 Å². The lowest BCUT2D eigenvalue weighted by molar-refractivity contribution is -0.130. The quantitative estimate of drug-likeness (QED) is 0.613. The molecule has 2 unspecified atom stereocenters. The Kier molecular flexibility index (Phi) is 4.70. The molecule has 0 aliphatic heterocycles. The highest BCUT2D eigenvalue weighted by molar-refractivity contribution is 5.73. The van der Waals surface area contributed by atoms with Crippen LogP contribution in [0.25, 0.3) is 0 Å². The van der Waals surface area contributed by atoms with Gasteiger partial charge in [0, 0.05) is 26.6 Å². The van der Waals surface area contributed by atoms with Crippen LogP contribution in [0.2, 0.25) is 0 Å². The zero-order valence-electron chi connectivity index (χ0n) is 10.0. The predicted octanol–water partition coefficient (Wildman–Crippen LogP) is -0.485. The minimum Gasteiger partial charge on any atom is -0.396 e. The molecule has 0 heterocycles. The van der Waals surface area contributed by atoms with Gasteiger partial charge >= 0.3 is 0 Å². The Bertz CT molecular complexity index is 246. The number of carbonyl (C=O) groups excluding carboxylic acids is 1. The van der Waals surface area contributed by atoms with Gasteiger partial charge in [0.2, 0.25) is 5.91 Å². The molecule has 0 aromatic heterocycles. The van der Waals surface area contributed by atoms with E-state index in [-0.39, 0.29) is 30.4 Å². The summed E-state index contributed by atoms with van der Waals surface area (Å²) >= 11 is 0. The second-order valence-corrected chi connectivity index (χ2v) is 4.57. The molecule has 1 saturated carbocycles. The zero-order valence-corrected chi connectivity index (χ0v) is 10.0. The van der Waals surface area contributed by atoms with Crippen molar-refractivity contribution in [2.75, 3.05) is 13.7 Å². The van der Waals surface area contributed by atoms with Crippen molar-refractivity contribution in [3.8, 4) is 0 Å². The molecule has 0 spiro atoms. The number of carbonyl (C=O) groups is 1. The molecular formula is C11H21NO4. The summed E-state index contributed by atoms with van der Waals surface area (Å²) in [5, 5.41) is 22.1. The van der Waals surface area contributed by atoms with Crippen LogP contribution in [0.15, 0.2) is 0 Å². The Hall–Kier alpha value is -0.650. The van der Waals surface area contributed by atoms with E-state index in [9.17, 15) is 15.0 Å². The summed E-state index contributed by atoms with van der Waals surface area (Å²) in [6.07, 6.45) is -0.454. The second-order valence-electron chi connectivity index (χ2n) is 4.57. The average molecular weight is 231 g/mol. The van der Waals surface area contributed by atoms with E-state index in [2.05, 4.69) is 5.32 Å². The number of nitrogens with one attached hydrogen (secondary N) is 1. The lowest BCUT2D eigenvalue weighted by Crippen LogP contribution is -2.58. The Morgan fingerprint density at radius 3 is 2.62 bits per heavy atom. The Balaban J connectivity index is 2.76. The van der Waals surface area contributed by atoms with Crippen LogP contribution in [0.4, 0.5) is 0 Å². The molecule has 3 N–H and O–H groups in total. The topological polar surface area (TPSA) is 78.8 Å². The maximum atomic E-state index is 11.0. The molecule has 0 aromatic carbocycles. The van der Waals surface area contributed by atoms with Crippen LogP contribution in [0.3, 0.4) is 0 Å². The van der Waals surface area contributed by atoms with Gasteiger partial charge in [-0.05, 0) is 12.3 Å². The van der Waals surface area contributed by atoms with Crippen LogP contribution < -0.4 is 5.32 Å². The highest BCUT2D eigenvalue weighted by atomic mass is 16.5. The summed E-state index contributed by atoms with van der Waals surface area (Å²) in [7, 11) is 1.51. The first-order valence-corrected chi connectivity index (χ1v) is 5.60. The maximum Gasteiger partial charge on any atom is 0.217 e. The fourth-order valence-electron chi connectivity index (χ4n) is 2.55. The molecule has 5 nitrogen and oxygen atoms in total. The number of aliphatic hydroxyl groups is 2. The molecule has 5 atom stereocenters. The van der Waals surface area contributed by atoms with Gasteiger partial charge in [-0.3, -0.25) is 4.79 Å². The first-order valence-electron chi connectivity index (χ1n) is 5.60. The first-order chi connectivity index (χ1) is 7.51. The highest BCUT2D eigenvalue weighted by Crippen LogP contribution is 2.31. The normalized spacial score (nSPS) is 39.4. The Morgan fingerprint density at radius 2 is 2.19 bits per heavy atom. The minimum atomic E-state index is -0.769. The van der Waals surface area contributed by atoms with E-state index in [1.165, 1.54) is 14.0 Å².